The highest BCUT2D eigenvalue weighted by Gasteiger charge is 2.12. The molecule has 0 spiro atoms. The smallest absolute Gasteiger partial charge is 0.339 e. The molecule has 0 saturated heterocycles. The van der Waals surface area contributed by atoms with Crippen molar-refractivity contribution >= 4 is 21.9 Å². The van der Waals surface area contributed by atoms with Crippen LogP contribution in [-0.4, -0.2) is 24.3 Å². The number of hydrogen-bond donors (Lipinski definition) is 1. The Labute approximate surface area is 150 Å². The van der Waals surface area contributed by atoms with E-state index in [0.29, 0.717) is 22.7 Å². The molecule has 0 radical (unpaired) electrons. The van der Waals surface area contributed by atoms with Gasteiger partial charge in [0.15, 0.2) is 0 Å². The number of ether oxygens (including phenoxy) is 2. The first-order valence-electron chi connectivity index (χ1n) is 7.77. The summed E-state index contributed by atoms with van der Waals surface area (Å²) in [7, 11) is 0. The van der Waals surface area contributed by atoms with Gasteiger partial charge in [0.25, 0.3) is 0 Å². The average molecular weight is 393 g/mol. The monoisotopic (exact) mass is 392 g/mol. The van der Waals surface area contributed by atoms with Crippen LogP contribution in [0, 0.1) is 6.92 Å². The molecule has 2 rings (SSSR count). The highest BCUT2D eigenvalue weighted by atomic mass is 79.9. The van der Waals surface area contributed by atoms with Crippen LogP contribution in [0.4, 0.5) is 0 Å². The molecule has 2 aromatic rings. The van der Waals surface area contributed by atoms with E-state index >= 15 is 0 Å². The predicted octanol–water partition coefficient (Wildman–Crippen LogP) is 5.04. The van der Waals surface area contributed by atoms with Gasteiger partial charge in [-0.3, -0.25) is 0 Å². The maximum absolute atomic E-state index is 11.3. The molecule has 2 aromatic carbocycles. The molecule has 0 unspecified atom stereocenters. The summed E-state index contributed by atoms with van der Waals surface area (Å²) >= 11 is 3.26. The van der Waals surface area contributed by atoms with E-state index in [9.17, 15) is 9.90 Å². The lowest BCUT2D eigenvalue weighted by Gasteiger charge is -2.15. The molecule has 0 aromatic heterocycles. The van der Waals surface area contributed by atoms with Crippen LogP contribution in [-0.2, 0) is 0 Å². The summed E-state index contributed by atoms with van der Waals surface area (Å²) in [5.41, 5.74) is 2.41. The zero-order valence-electron chi connectivity index (χ0n) is 14.0. The van der Waals surface area contributed by atoms with Crippen LogP contribution in [0.2, 0.25) is 0 Å². The van der Waals surface area contributed by atoms with Crippen molar-refractivity contribution in [2.75, 3.05) is 13.2 Å². The van der Waals surface area contributed by atoms with Gasteiger partial charge in [0.2, 0.25) is 0 Å². The van der Waals surface area contributed by atoms with Crippen LogP contribution < -0.4 is 9.47 Å². The van der Waals surface area contributed by atoms with Crippen molar-refractivity contribution in [1.82, 2.24) is 0 Å². The summed E-state index contributed by atoms with van der Waals surface area (Å²) in [5, 5.41) is 9.22. The molecule has 0 aliphatic rings. The molecule has 0 atom stereocenters. The Kier molecular flexibility index (Phi) is 6.26. The first kappa shape index (κ1) is 18.3. The number of hydrogen-bond acceptors (Lipinski definition) is 3. The maximum atomic E-state index is 11.3. The van der Waals surface area contributed by atoms with Gasteiger partial charge in [-0.2, -0.15) is 0 Å². The van der Waals surface area contributed by atoms with Crippen molar-refractivity contribution in [3.8, 4) is 11.5 Å². The van der Waals surface area contributed by atoms with Gasteiger partial charge >= 0.3 is 5.97 Å². The number of carboxylic acid groups (broad SMARTS) is 1. The lowest BCUT2D eigenvalue weighted by atomic mass is 10.0. The third kappa shape index (κ3) is 4.74. The Morgan fingerprint density at radius 1 is 1.08 bits per heavy atom. The molecule has 0 aliphatic carbocycles. The second-order valence-corrected chi connectivity index (χ2v) is 6.75. The normalized spacial score (nSPS) is 10.7. The van der Waals surface area contributed by atoms with Crippen LogP contribution >= 0.6 is 15.9 Å². The Morgan fingerprint density at radius 2 is 1.75 bits per heavy atom. The number of carbonyl (C=O) groups is 1. The summed E-state index contributed by atoms with van der Waals surface area (Å²) in [5.74, 6) is 0.532. The number of halogens is 1. The first-order valence-corrected chi connectivity index (χ1v) is 8.56. The zero-order valence-corrected chi connectivity index (χ0v) is 15.6. The molecule has 4 nitrogen and oxygen atoms in total. The van der Waals surface area contributed by atoms with E-state index in [0.717, 1.165) is 16.9 Å². The summed E-state index contributed by atoms with van der Waals surface area (Å²) in [4.78, 5) is 11.3. The molecule has 0 bridgehead atoms. The predicted molar refractivity (Wildman–Crippen MR) is 97.4 cm³/mol. The van der Waals surface area contributed by atoms with Gasteiger partial charge in [0.05, 0.1) is 0 Å². The molecular formula is C19H21BrO4. The maximum Gasteiger partial charge on any atom is 0.339 e. The fraction of sp³-hybridized carbons (Fsp3) is 0.316. The number of benzene rings is 2. The molecular weight excluding hydrogens is 372 g/mol. The topological polar surface area (TPSA) is 55.8 Å². The van der Waals surface area contributed by atoms with Gasteiger partial charge in [0.1, 0.15) is 30.3 Å². The van der Waals surface area contributed by atoms with Crippen molar-refractivity contribution in [3.05, 3.63) is 57.6 Å². The van der Waals surface area contributed by atoms with Gasteiger partial charge in [-0.1, -0.05) is 41.9 Å². The summed E-state index contributed by atoms with van der Waals surface area (Å²) in [6.45, 7) is 6.88. The van der Waals surface area contributed by atoms with E-state index in [1.807, 2.05) is 13.0 Å². The van der Waals surface area contributed by atoms with Crippen molar-refractivity contribution in [3.63, 3.8) is 0 Å². The van der Waals surface area contributed by atoms with Gasteiger partial charge in [-0.25, -0.2) is 4.79 Å². The molecule has 0 fully saturated rings. The summed E-state index contributed by atoms with van der Waals surface area (Å²) < 4.78 is 12.1. The van der Waals surface area contributed by atoms with Gasteiger partial charge in [-0.05, 0) is 48.2 Å². The second-order valence-electron chi connectivity index (χ2n) is 5.84. The molecule has 0 amide bonds. The van der Waals surface area contributed by atoms with Crippen LogP contribution in [0.1, 0.15) is 41.3 Å². The standard InChI is InChI=1S/C19H21BrO4/c1-12(2)15-6-4-13(3)10-18(15)24-9-8-23-17-7-5-14(20)11-16(17)19(21)22/h4-7,10-12H,8-9H2,1-3H3,(H,21,22). The number of aryl methyl sites for hydroxylation is 1. The third-order valence-corrected chi connectivity index (χ3v) is 4.05. The lowest BCUT2D eigenvalue weighted by molar-refractivity contribution is 0.0691. The van der Waals surface area contributed by atoms with Crippen LogP contribution in [0.25, 0.3) is 0 Å². The van der Waals surface area contributed by atoms with E-state index < -0.39 is 5.97 Å². The van der Waals surface area contributed by atoms with Gasteiger partial charge in [0, 0.05) is 4.47 Å². The van der Waals surface area contributed by atoms with Crippen molar-refractivity contribution in [1.29, 1.82) is 0 Å². The van der Waals surface area contributed by atoms with E-state index in [-0.39, 0.29) is 12.2 Å². The first-order chi connectivity index (χ1) is 11.4. The number of carboxylic acids is 1. The summed E-state index contributed by atoms with van der Waals surface area (Å²) in [6.07, 6.45) is 0. The van der Waals surface area contributed by atoms with Crippen molar-refractivity contribution < 1.29 is 19.4 Å². The van der Waals surface area contributed by atoms with Gasteiger partial charge < -0.3 is 14.6 Å². The summed E-state index contributed by atoms with van der Waals surface area (Å²) in [6, 6.07) is 11.1. The molecule has 0 saturated carbocycles. The number of aromatic carboxylic acids is 1. The Hall–Kier alpha value is -2.01. The fourth-order valence-corrected chi connectivity index (χ4v) is 2.70. The highest BCUT2D eigenvalue weighted by Crippen LogP contribution is 2.28. The van der Waals surface area contributed by atoms with E-state index in [4.69, 9.17) is 9.47 Å². The van der Waals surface area contributed by atoms with E-state index in [1.165, 1.54) is 6.07 Å². The van der Waals surface area contributed by atoms with Gasteiger partial charge in [-0.15, -0.1) is 0 Å². The molecule has 0 aliphatic heterocycles. The van der Waals surface area contributed by atoms with Crippen LogP contribution in [0.15, 0.2) is 40.9 Å². The Bertz CT molecular complexity index is 725. The third-order valence-electron chi connectivity index (χ3n) is 3.56. The molecule has 1 N–H and O–H groups in total. The highest BCUT2D eigenvalue weighted by molar-refractivity contribution is 9.10. The largest absolute Gasteiger partial charge is 0.490 e. The number of rotatable bonds is 7. The zero-order chi connectivity index (χ0) is 17.7. The Balaban J connectivity index is 1.99. The average Bonchev–Trinajstić information content (AvgIpc) is 2.52. The quantitative estimate of drug-likeness (QED) is 0.670. The molecule has 0 heterocycles. The molecule has 5 heteroatoms. The minimum absolute atomic E-state index is 0.128. The minimum atomic E-state index is -1.02. The van der Waals surface area contributed by atoms with Crippen molar-refractivity contribution in [2.24, 2.45) is 0 Å². The van der Waals surface area contributed by atoms with Crippen molar-refractivity contribution in [2.45, 2.75) is 26.7 Å². The fourth-order valence-electron chi connectivity index (χ4n) is 2.34. The minimum Gasteiger partial charge on any atom is -0.490 e. The van der Waals surface area contributed by atoms with E-state index in [1.54, 1.807) is 12.1 Å². The van der Waals surface area contributed by atoms with E-state index in [2.05, 4.69) is 41.9 Å². The SMILES string of the molecule is Cc1ccc(C(C)C)c(OCCOc2ccc(Br)cc2C(=O)O)c1. The molecule has 128 valence electrons. The Morgan fingerprint density at radius 3 is 2.38 bits per heavy atom. The van der Waals surface area contributed by atoms with Crippen LogP contribution in [0.3, 0.4) is 0 Å². The molecule has 24 heavy (non-hydrogen) atoms. The lowest BCUT2D eigenvalue weighted by Crippen LogP contribution is -2.12. The second kappa shape index (κ2) is 8.20. The van der Waals surface area contributed by atoms with Crippen LogP contribution in [0.5, 0.6) is 11.5 Å².